The van der Waals surface area contributed by atoms with Gasteiger partial charge in [-0.3, -0.25) is 4.90 Å². The van der Waals surface area contributed by atoms with Crippen molar-refractivity contribution in [2.24, 2.45) is 0 Å². The highest BCUT2D eigenvalue weighted by Gasteiger charge is 2.38. The molecule has 0 amide bonds. The average Bonchev–Trinajstić information content (AvgIpc) is 2.46. The summed E-state index contributed by atoms with van der Waals surface area (Å²) in [6.45, 7) is 6.20. The first kappa shape index (κ1) is 16.2. The van der Waals surface area contributed by atoms with Crippen LogP contribution in [-0.2, 0) is 11.3 Å². The molecular formula is C18H27NO2. The van der Waals surface area contributed by atoms with Gasteiger partial charge in [-0.15, -0.1) is 0 Å². The van der Waals surface area contributed by atoms with Crippen molar-refractivity contribution in [2.75, 3.05) is 13.2 Å². The lowest BCUT2D eigenvalue weighted by molar-refractivity contribution is -0.248. The first-order valence-corrected chi connectivity index (χ1v) is 7.94. The van der Waals surface area contributed by atoms with E-state index in [0.29, 0.717) is 6.61 Å². The number of ether oxygens (including phenoxy) is 1. The average molecular weight is 289 g/mol. The van der Waals surface area contributed by atoms with E-state index in [0.717, 1.165) is 19.5 Å². The van der Waals surface area contributed by atoms with E-state index in [4.69, 9.17) is 4.74 Å². The van der Waals surface area contributed by atoms with Gasteiger partial charge in [-0.2, -0.15) is 0 Å². The van der Waals surface area contributed by atoms with Crippen LogP contribution < -0.4 is 0 Å². The number of hydrogen-bond donors (Lipinski definition) is 1. The fourth-order valence-corrected chi connectivity index (χ4v) is 2.78. The molecule has 2 rings (SSSR count). The van der Waals surface area contributed by atoms with Gasteiger partial charge in [-0.05, 0) is 18.9 Å². The van der Waals surface area contributed by atoms with E-state index < -0.39 is 5.79 Å². The molecule has 0 radical (unpaired) electrons. The zero-order valence-corrected chi connectivity index (χ0v) is 13.2. The highest BCUT2D eigenvalue weighted by Crippen LogP contribution is 2.25. The summed E-state index contributed by atoms with van der Waals surface area (Å²) in [5.41, 5.74) is 1.27. The van der Waals surface area contributed by atoms with Crippen molar-refractivity contribution in [1.82, 2.24) is 4.90 Å². The number of nitrogens with zero attached hydrogens (tertiary/aromatic N) is 1. The maximum atomic E-state index is 10.5. The molecule has 1 aliphatic heterocycles. The van der Waals surface area contributed by atoms with Crippen LogP contribution >= 0.6 is 0 Å². The third kappa shape index (κ3) is 4.67. The van der Waals surface area contributed by atoms with Gasteiger partial charge in [0.15, 0.2) is 5.79 Å². The molecule has 1 aliphatic rings. The normalized spacial score (nSPS) is 27.3. The first-order chi connectivity index (χ1) is 10.1. The summed E-state index contributed by atoms with van der Waals surface area (Å²) in [7, 11) is 0. The number of aliphatic hydroxyl groups is 1. The smallest absolute Gasteiger partial charge is 0.182 e. The van der Waals surface area contributed by atoms with Crippen molar-refractivity contribution in [1.29, 1.82) is 0 Å². The fraction of sp³-hybridized carbons (Fsp3) is 0.556. The molecule has 0 aromatic heterocycles. The van der Waals surface area contributed by atoms with Gasteiger partial charge in [-0.25, -0.2) is 0 Å². The number of morpholine rings is 1. The van der Waals surface area contributed by atoms with Crippen LogP contribution in [0.25, 0.3) is 0 Å². The summed E-state index contributed by atoms with van der Waals surface area (Å²) in [6, 6.07) is 10.3. The quantitative estimate of drug-likeness (QED) is 0.644. The maximum absolute atomic E-state index is 10.5. The second kappa shape index (κ2) is 7.74. The van der Waals surface area contributed by atoms with Gasteiger partial charge in [0, 0.05) is 13.1 Å². The Hall–Kier alpha value is -1.16. The zero-order chi connectivity index (χ0) is 15.1. The van der Waals surface area contributed by atoms with E-state index in [-0.39, 0.29) is 6.04 Å². The SMILES string of the molecule is CCCC/C=C/C1N(Cc2ccccc2)CCOC1(C)O. The minimum atomic E-state index is -1.12. The summed E-state index contributed by atoms with van der Waals surface area (Å²) >= 11 is 0. The number of benzene rings is 1. The number of unbranched alkanes of at least 4 members (excludes halogenated alkanes) is 2. The molecule has 1 fully saturated rings. The predicted molar refractivity (Wildman–Crippen MR) is 85.9 cm³/mol. The van der Waals surface area contributed by atoms with Crippen LogP contribution in [0.15, 0.2) is 42.5 Å². The first-order valence-electron chi connectivity index (χ1n) is 7.94. The zero-order valence-electron chi connectivity index (χ0n) is 13.2. The third-order valence-corrected chi connectivity index (χ3v) is 3.99. The molecule has 0 saturated carbocycles. The Kier molecular flexibility index (Phi) is 5.97. The molecule has 1 aromatic carbocycles. The molecule has 0 bridgehead atoms. The van der Waals surface area contributed by atoms with Crippen LogP contribution in [0.2, 0.25) is 0 Å². The van der Waals surface area contributed by atoms with E-state index in [1.54, 1.807) is 6.92 Å². The van der Waals surface area contributed by atoms with Gasteiger partial charge in [0.1, 0.15) is 0 Å². The van der Waals surface area contributed by atoms with Crippen LogP contribution in [0.5, 0.6) is 0 Å². The summed E-state index contributed by atoms with van der Waals surface area (Å²) in [5.74, 6) is -1.12. The molecule has 0 aliphatic carbocycles. The minimum Gasteiger partial charge on any atom is -0.364 e. The monoisotopic (exact) mass is 289 g/mol. The summed E-state index contributed by atoms with van der Waals surface area (Å²) in [5, 5.41) is 10.5. The highest BCUT2D eigenvalue weighted by atomic mass is 16.6. The molecule has 0 spiro atoms. The van der Waals surface area contributed by atoms with Crippen LogP contribution in [0.1, 0.15) is 38.7 Å². The predicted octanol–water partition coefficient (Wildman–Crippen LogP) is 3.34. The molecule has 1 N–H and O–H groups in total. The van der Waals surface area contributed by atoms with Gasteiger partial charge < -0.3 is 9.84 Å². The lowest BCUT2D eigenvalue weighted by atomic mass is 10.0. The Bertz CT molecular complexity index is 442. The van der Waals surface area contributed by atoms with Crippen LogP contribution in [-0.4, -0.2) is 35.0 Å². The molecule has 2 atom stereocenters. The number of allylic oxidation sites excluding steroid dienone is 1. The van der Waals surface area contributed by atoms with E-state index in [1.807, 2.05) is 6.07 Å². The van der Waals surface area contributed by atoms with Crippen molar-refractivity contribution < 1.29 is 9.84 Å². The van der Waals surface area contributed by atoms with Crippen molar-refractivity contribution in [3.05, 3.63) is 48.0 Å². The van der Waals surface area contributed by atoms with E-state index >= 15 is 0 Å². The van der Waals surface area contributed by atoms with Crippen LogP contribution in [0.4, 0.5) is 0 Å². The molecular weight excluding hydrogens is 262 g/mol. The Morgan fingerprint density at radius 3 is 2.86 bits per heavy atom. The summed E-state index contributed by atoms with van der Waals surface area (Å²) in [4.78, 5) is 2.29. The number of hydrogen-bond acceptors (Lipinski definition) is 3. The van der Waals surface area contributed by atoms with Crippen molar-refractivity contribution in [3.63, 3.8) is 0 Å². The summed E-state index contributed by atoms with van der Waals surface area (Å²) < 4.78 is 5.57. The standard InChI is InChI=1S/C18H27NO2/c1-3-4-5-9-12-17-18(2,20)21-14-13-19(17)15-16-10-7-6-8-11-16/h6-12,17,20H,3-5,13-15H2,1-2H3/b12-9+. The Morgan fingerprint density at radius 2 is 2.14 bits per heavy atom. The highest BCUT2D eigenvalue weighted by molar-refractivity contribution is 5.15. The van der Waals surface area contributed by atoms with E-state index in [1.165, 1.54) is 18.4 Å². The Balaban J connectivity index is 2.07. The van der Waals surface area contributed by atoms with Gasteiger partial charge in [0.05, 0.1) is 12.6 Å². The van der Waals surface area contributed by atoms with Crippen molar-refractivity contribution in [3.8, 4) is 0 Å². The molecule has 2 unspecified atom stereocenters. The molecule has 3 nitrogen and oxygen atoms in total. The fourth-order valence-electron chi connectivity index (χ4n) is 2.78. The molecule has 3 heteroatoms. The van der Waals surface area contributed by atoms with E-state index in [2.05, 4.69) is 48.2 Å². The van der Waals surface area contributed by atoms with Gasteiger partial charge in [-0.1, -0.05) is 62.2 Å². The van der Waals surface area contributed by atoms with Gasteiger partial charge >= 0.3 is 0 Å². The van der Waals surface area contributed by atoms with E-state index in [9.17, 15) is 5.11 Å². The molecule has 116 valence electrons. The van der Waals surface area contributed by atoms with Crippen LogP contribution in [0, 0.1) is 0 Å². The number of rotatable bonds is 6. The van der Waals surface area contributed by atoms with Crippen LogP contribution in [0.3, 0.4) is 0 Å². The van der Waals surface area contributed by atoms with Crippen molar-refractivity contribution >= 4 is 0 Å². The van der Waals surface area contributed by atoms with Gasteiger partial charge in [0.25, 0.3) is 0 Å². The second-order valence-electron chi connectivity index (χ2n) is 5.87. The molecule has 21 heavy (non-hydrogen) atoms. The third-order valence-electron chi connectivity index (χ3n) is 3.99. The minimum absolute atomic E-state index is 0.0942. The topological polar surface area (TPSA) is 32.7 Å². The Labute approximate surface area is 128 Å². The van der Waals surface area contributed by atoms with Gasteiger partial charge in [0.2, 0.25) is 0 Å². The van der Waals surface area contributed by atoms with Crippen molar-refractivity contribution in [2.45, 2.75) is 51.5 Å². The molecule has 1 heterocycles. The largest absolute Gasteiger partial charge is 0.364 e. The Morgan fingerprint density at radius 1 is 1.38 bits per heavy atom. The molecule has 1 saturated heterocycles. The maximum Gasteiger partial charge on any atom is 0.182 e. The second-order valence-corrected chi connectivity index (χ2v) is 5.87. The lowest BCUT2D eigenvalue weighted by Crippen LogP contribution is -2.57. The lowest BCUT2D eigenvalue weighted by Gasteiger charge is -2.43. The summed E-state index contributed by atoms with van der Waals surface area (Å²) in [6.07, 6.45) is 7.72. The molecule has 1 aromatic rings.